The van der Waals surface area contributed by atoms with Gasteiger partial charge in [-0.25, -0.2) is 0 Å². The zero-order chi connectivity index (χ0) is 13.1. The molecule has 0 amide bonds. The number of nitrogens with two attached hydrogens (primary N) is 1. The molecule has 0 radical (unpaired) electrons. The van der Waals surface area contributed by atoms with Crippen molar-refractivity contribution in [3.63, 3.8) is 0 Å². The van der Waals surface area contributed by atoms with E-state index >= 15 is 0 Å². The van der Waals surface area contributed by atoms with Crippen LogP contribution in [-0.4, -0.2) is 18.6 Å². The molecule has 0 aliphatic carbocycles. The summed E-state index contributed by atoms with van der Waals surface area (Å²) in [7, 11) is 0. The van der Waals surface area contributed by atoms with Gasteiger partial charge in [-0.1, -0.05) is 13.8 Å². The highest BCUT2D eigenvalue weighted by Crippen LogP contribution is 2.32. The summed E-state index contributed by atoms with van der Waals surface area (Å²) in [6, 6.07) is 4.32. The van der Waals surface area contributed by atoms with Gasteiger partial charge in [-0.15, -0.1) is 11.3 Å². The highest BCUT2D eigenvalue weighted by atomic mass is 79.9. The lowest BCUT2D eigenvalue weighted by atomic mass is 9.89. The summed E-state index contributed by atoms with van der Waals surface area (Å²) in [6.07, 6.45) is 0.997. The molecule has 0 spiro atoms. The number of rotatable bonds is 6. The smallest absolute Gasteiger partial charge is 0.0701 e. The number of thiophene rings is 1. The molecule has 0 saturated heterocycles. The summed E-state index contributed by atoms with van der Waals surface area (Å²) in [4.78, 5) is 1.40. The van der Waals surface area contributed by atoms with E-state index in [1.807, 2.05) is 11.3 Å². The maximum Gasteiger partial charge on any atom is 0.0701 e. The van der Waals surface area contributed by atoms with E-state index in [9.17, 15) is 0 Å². The molecule has 1 heterocycles. The molecule has 0 unspecified atom stereocenters. The second-order valence-corrected chi connectivity index (χ2v) is 8.23. The van der Waals surface area contributed by atoms with Crippen molar-refractivity contribution in [2.45, 2.75) is 45.1 Å². The summed E-state index contributed by atoms with van der Waals surface area (Å²) in [5, 5.41) is 3.62. The van der Waals surface area contributed by atoms with Gasteiger partial charge in [0.2, 0.25) is 0 Å². The Labute approximate surface area is 117 Å². The Bertz CT molecular complexity index is 358. The Kier molecular flexibility index (Phi) is 5.20. The molecule has 0 aliphatic heterocycles. The Hall–Kier alpha value is 0.1000. The summed E-state index contributed by atoms with van der Waals surface area (Å²) < 4.78 is 1.20. The lowest BCUT2D eigenvalue weighted by molar-refractivity contribution is 0.328. The first-order valence-corrected chi connectivity index (χ1v) is 7.59. The van der Waals surface area contributed by atoms with Crippen LogP contribution >= 0.6 is 27.3 Å². The number of nitrogens with one attached hydrogen (secondary N) is 1. The minimum Gasteiger partial charge on any atom is -0.330 e. The van der Waals surface area contributed by atoms with Crippen molar-refractivity contribution in [3.05, 3.63) is 20.8 Å². The fourth-order valence-corrected chi connectivity index (χ4v) is 3.16. The molecule has 0 aromatic carbocycles. The maximum atomic E-state index is 5.62. The highest BCUT2D eigenvalue weighted by molar-refractivity contribution is 9.11. The van der Waals surface area contributed by atoms with Crippen LogP contribution in [0.4, 0.5) is 0 Å². The van der Waals surface area contributed by atoms with Gasteiger partial charge < -0.3 is 11.1 Å². The third-order valence-corrected chi connectivity index (χ3v) is 5.01. The molecule has 0 saturated carbocycles. The minimum atomic E-state index is 0.112. The molecule has 98 valence electrons. The lowest BCUT2D eigenvalue weighted by Crippen LogP contribution is -2.46. The number of halogens is 1. The predicted molar refractivity (Wildman–Crippen MR) is 80.8 cm³/mol. The van der Waals surface area contributed by atoms with E-state index in [1.54, 1.807) is 0 Å². The zero-order valence-electron chi connectivity index (χ0n) is 11.1. The number of hydrogen-bond acceptors (Lipinski definition) is 3. The summed E-state index contributed by atoms with van der Waals surface area (Å²) >= 11 is 5.33. The van der Waals surface area contributed by atoms with Crippen LogP contribution in [0, 0.1) is 0 Å². The fraction of sp³-hybridized carbons (Fsp3) is 0.692. The van der Waals surface area contributed by atoms with Crippen molar-refractivity contribution < 1.29 is 0 Å². The van der Waals surface area contributed by atoms with Crippen molar-refractivity contribution in [1.82, 2.24) is 5.32 Å². The van der Waals surface area contributed by atoms with Crippen molar-refractivity contribution in [1.29, 1.82) is 0 Å². The van der Waals surface area contributed by atoms with Crippen molar-refractivity contribution in [3.8, 4) is 0 Å². The Balaban J connectivity index is 2.61. The maximum absolute atomic E-state index is 5.62. The predicted octanol–water partition coefficient (Wildman–Crippen LogP) is 3.51. The first kappa shape index (κ1) is 15.2. The second-order valence-electron chi connectivity index (χ2n) is 5.76. The molecule has 3 N–H and O–H groups in total. The molecular formula is C13H23BrN2S. The quantitative estimate of drug-likeness (QED) is 0.842. The topological polar surface area (TPSA) is 38.0 Å². The van der Waals surface area contributed by atoms with Gasteiger partial charge in [-0.3, -0.25) is 0 Å². The molecule has 1 aromatic heterocycles. The third-order valence-electron chi connectivity index (χ3n) is 3.02. The first-order valence-electron chi connectivity index (χ1n) is 5.98. The Morgan fingerprint density at radius 3 is 2.41 bits per heavy atom. The van der Waals surface area contributed by atoms with Crippen molar-refractivity contribution in [2.24, 2.45) is 5.73 Å². The minimum absolute atomic E-state index is 0.112. The molecular weight excluding hydrogens is 296 g/mol. The van der Waals surface area contributed by atoms with Crippen LogP contribution in [0.3, 0.4) is 0 Å². The van der Waals surface area contributed by atoms with Crippen LogP contribution in [0.15, 0.2) is 15.9 Å². The normalized spacial score (nSPS) is 13.1. The van der Waals surface area contributed by atoms with Crippen LogP contribution in [0.25, 0.3) is 0 Å². The molecule has 2 nitrogen and oxygen atoms in total. The summed E-state index contributed by atoms with van der Waals surface area (Å²) in [5.74, 6) is 0. The molecule has 0 bridgehead atoms. The van der Waals surface area contributed by atoms with E-state index in [1.165, 1.54) is 8.66 Å². The Morgan fingerprint density at radius 2 is 1.94 bits per heavy atom. The average molecular weight is 319 g/mol. The Morgan fingerprint density at radius 1 is 1.29 bits per heavy atom. The van der Waals surface area contributed by atoms with Gasteiger partial charge >= 0.3 is 0 Å². The van der Waals surface area contributed by atoms with Crippen molar-refractivity contribution >= 4 is 27.3 Å². The summed E-state index contributed by atoms with van der Waals surface area (Å²) in [6.45, 7) is 10.7. The van der Waals surface area contributed by atoms with Crippen LogP contribution in [0.1, 0.15) is 39.0 Å². The van der Waals surface area contributed by atoms with E-state index in [0.29, 0.717) is 0 Å². The van der Waals surface area contributed by atoms with Gasteiger partial charge in [0, 0.05) is 22.4 Å². The van der Waals surface area contributed by atoms with Crippen LogP contribution in [0.5, 0.6) is 0 Å². The van der Waals surface area contributed by atoms with Crippen LogP contribution in [0.2, 0.25) is 0 Å². The molecule has 17 heavy (non-hydrogen) atoms. The monoisotopic (exact) mass is 318 g/mol. The van der Waals surface area contributed by atoms with E-state index < -0.39 is 0 Å². The molecule has 0 aliphatic rings. The molecule has 4 heteroatoms. The second kappa shape index (κ2) is 5.83. The zero-order valence-corrected chi connectivity index (χ0v) is 13.5. The fourth-order valence-electron chi connectivity index (χ4n) is 1.67. The molecule has 1 aromatic rings. The van der Waals surface area contributed by atoms with Gasteiger partial charge in [-0.2, -0.15) is 0 Å². The first-order chi connectivity index (χ1) is 7.77. The van der Waals surface area contributed by atoms with Gasteiger partial charge in [0.15, 0.2) is 0 Å². The van der Waals surface area contributed by atoms with Gasteiger partial charge in [0.1, 0.15) is 0 Å². The summed E-state index contributed by atoms with van der Waals surface area (Å²) in [5.41, 5.74) is 5.89. The van der Waals surface area contributed by atoms with E-state index in [-0.39, 0.29) is 11.0 Å². The van der Waals surface area contributed by atoms with Gasteiger partial charge in [0.05, 0.1) is 3.79 Å². The molecule has 0 atom stereocenters. The molecule has 1 rings (SSSR count). The highest BCUT2D eigenvalue weighted by Gasteiger charge is 2.25. The molecule has 0 fully saturated rings. The van der Waals surface area contributed by atoms with E-state index in [4.69, 9.17) is 5.73 Å². The standard InChI is InChI=1S/C13H23BrN2S/c1-12(2,10-5-6-11(14)17-10)9-16-13(3,4)7-8-15/h5-6,16H,7-9,15H2,1-4H3. The third kappa shape index (κ3) is 4.70. The average Bonchev–Trinajstić information content (AvgIpc) is 2.63. The SMILES string of the molecule is CC(C)(CCN)NCC(C)(C)c1ccc(Br)s1. The van der Waals surface area contributed by atoms with E-state index in [2.05, 4.69) is 61.1 Å². The van der Waals surface area contributed by atoms with Gasteiger partial charge in [-0.05, 0) is 54.9 Å². The van der Waals surface area contributed by atoms with Crippen molar-refractivity contribution in [2.75, 3.05) is 13.1 Å². The lowest BCUT2D eigenvalue weighted by Gasteiger charge is -2.32. The van der Waals surface area contributed by atoms with Gasteiger partial charge in [0.25, 0.3) is 0 Å². The number of hydrogen-bond donors (Lipinski definition) is 2. The van der Waals surface area contributed by atoms with Crippen LogP contribution < -0.4 is 11.1 Å². The van der Waals surface area contributed by atoms with E-state index in [0.717, 1.165) is 19.5 Å². The van der Waals surface area contributed by atoms with Crippen LogP contribution in [-0.2, 0) is 5.41 Å². The largest absolute Gasteiger partial charge is 0.330 e.